The Balaban J connectivity index is 1.69. The Morgan fingerprint density at radius 3 is 2.41 bits per heavy atom. The van der Waals surface area contributed by atoms with E-state index in [1.807, 2.05) is 6.92 Å². The van der Waals surface area contributed by atoms with Crippen LogP contribution >= 0.6 is 11.8 Å². The summed E-state index contributed by atoms with van der Waals surface area (Å²) in [4.78, 5) is 15.4. The van der Waals surface area contributed by atoms with Crippen LogP contribution in [0.1, 0.15) is 27.0 Å². The molecule has 1 aromatic heterocycles. The van der Waals surface area contributed by atoms with Crippen molar-refractivity contribution in [3.05, 3.63) is 83.0 Å². The maximum Gasteiger partial charge on any atom is 0.335 e. The molecule has 29 heavy (non-hydrogen) atoms. The van der Waals surface area contributed by atoms with Gasteiger partial charge < -0.3 is 5.11 Å². The van der Waals surface area contributed by atoms with Crippen LogP contribution in [0, 0.1) is 13.8 Å². The third-order valence-electron chi connectivity index (χ3n) is 4.25. The monoisotopic (exact) mass is 428 g/mol. The lowest BCUT2D eigenvalue weighted by atomic mass is 10.1. The zero-order valence-electron chi connectivity index (χ0n) is 15.9. The Morgan fingerprint density at radius 1 is 1.07 bits per heavy atom. The number of aryl methyl sites for hydroxylation is 2. The largest absolute Gasteiger partial charge is 0.478 e. The molecule has 1 heterocycles. The molecule has 0 radical (unpaired) electrons. The van der Waals surface area contributed by atoms with Crippen LogP contribution in [0.3, 0.4) is 0 Å². The lowest BCUT2D eigenvalue weighted by molar-refractivity contribution is 0.0696. The summed E-state index contributed by atoms with van der Waals surface area (Å²) >= 11 is 1.56. The van der Waals surface area contributed by atoms with Crippen molar-refractivity contribution in [2.45, 2.75) is 29.5 Å². The minimum Gasteiger partial charge on any atom is -0.478 e. The normalized spacial score (nSPS) is 11.2. The first-order valence-electron chi connectivity index (χ1n) is 8.76. The van der Waals surface area contributed by atoms with Gasteiger partial charge >= 0.3 is 5.97 Å². The molecule has 0 saturated heterocycles. The standard InChI is InChI=1S/C21H20N2O4S2/c1-14-3-6-16(7-4-14)13-28-20-10-8-17(12-22-20)23-29(26,27)18-9-5-15(2)19(11-18)21(24)25/h3-12,23H,13H2,1-2H3,(H,24,25). The van der Waals surface area contributed by atoms with Crippen LogP contribution in [-0.2, 0) is 15.8 Å². The fourth-order valence-electron chi connectivity index (χ4n) is 2.58. The minimum atomic E-state index is -3.92. The fraction of sp³-hybridized carbons (Fsp3) is 0.143. The number of rotatable bonds is 7. The van der Waals surface area contributed by atoms with Crippen LogP contribution in [-0.4, -0.2) is 24.5 Å². The van der Waals surface area contributed by atoms with E-state index in [1.54, 1.807) is 30.8 Å². The third-order valence-corrected chi connectivity index (χ3v) is 6.64. The number of sulfonamides is 1. The summed E-state index contributed by atoms with van der Waals surface area (Å²) in [6, 6.07) is 15.6. The zero-order chi connectivity index (χ0) is 21.0. The molecule has 8 heteroatoms. The highest BCUT2D eigenvalue weighted by Crippen LogP contribution is 2.24. The quantitative estimate of drug-likeness (QED) is 0.538. The summed E-state index contributed by atoms with van der Waals surface area (Å²) < 4.78 is 27.6. The second kappa shape index (κ2) is 8.67. The van der Waals surface area contributed by atoms with E-state index in [1.165, 1.54) is 29.5 Å². The molecule has 0 amide bonds. The molecule has 0 aliphatic carbocycles. The predicted molar refractivity (Wildman–Crippen MR) is 114 cm³/mol. The van der Waals surface area contributed by atoms with Crippen molar-refractivity contribution in [1.29, 1.82) is 0 Å². The van der Waals surface area contributed by atoms with Gasteiger partial charge in [0, 0.05) is 5.75 Å². The van der Waals surface area contributed by atoms with Crippen molar-refractivity contribution in [1.82, 2.24) is 4.98 Å². The summed E-state index contributed by atoms with van der Waals surface area (Å²) in [5.74, 6) is -0.407. The lowest BCUT2D eigenvalue weighted by Gasteiger charge is -2.10. The number of carboxylic acid groups (broad SMARTS) is 1. The molecule has 0 aliphatic rings. The Kier molecular flexibility index (Phi) is 6.24. The number of hydrogen-bond donors (Lipinski definition) is 2. The van der Waals surface area contributed by atoms with Crippen molar-refractivity contribution in [3.8, 4) is 0 Å². The number of carboxylic acids is 1. The van der Waals surface area contributed by atoms with E-state index < -0.39 is 16.0 Å². The summed E-state index contributed by atoms with van der Waals surface area (Å²) in [6.07, 6.45) is 1.45. The van der Waals surface area contributed by atoms with Gasteiger partial charge in [-0.1, -0.05) is 35.9 Å². The molecular weight excluding hydrogens is 408 g/mol. The second-order valence-corrected chi connectivity index (χ2v) is 9.22. The predicted octanol–water partition coefficient (Wildman–Crippen LogP) is 4.49. The number of nitrogens with one attached hydrogen (secondary N) is 1. The van der Waals surface area contributed by atoms with E-state index in [0.29, 0.717) is 11.3 Å². The molecule has 0 aliphatic heterocycles. The topological polar surface area (TPSA) is 96.4 Å². The van der Waals surface area contributed by atoms with Crippen LogP contribution in [0.5, 0.6) is 0 Å². The minimum absolute atomic E-state index is 0.0474. The average Bonchev–Trinajstić information content (AvgIpc) is 2.68. The van der Waals surface area contributed by atoms with E-state index in [4.69, 9.17) is 0 Å². The van der Waals surface area contributed by atoms with Gasteiger partial charge in [-0.2, -0.15) is 0 Å². The maximum atomic E-state index is 12.6. The van der Waals surface area contributed by atoms with E-state index in [2.05, 4.69) is 34.0 Å². The SMILES string of the molecule is Cc1ccc(CSc2ccc(NS(=O)(=O)c3ccc(C)c(C(=O)O)c3)cn2)cc1. The highest BCUT2D eigenvalue weighted by molar-refractivity contribution is 7.98. The van der Waals surface area contributed by atoms with Crippen LogP contribution in [0.4, 0.5) is 5.69 Å². The van der Waals surface area contributed by atoms with Crippen LogP contribution in [0.25, 0.3) is 0 Å². The Bertz CT molecular complexity index is 1130. The summed E-state index contributed by atoms with van der Waals surface area (Å²) in [5.41, 5.74) is 3.14. The number of hydrogen-bond acceptors (Lipinski definition) is 5. The zero-order valence-corrected chi connectivity index (χ0v) is 17.5. The van der Waals surface area contributed by atoms with Crippen molar-refractivity contribution < 1.29 is 18.3 Å². The van der Waals surface area contributed by atoms with Crippen molar-refractivity contribution >= 4 is 33.4 Å². The number of benzene rings is 2. The van der Waals surface area contributed by atoms with Crippen molar-refractivity contribution in [2.24, 2.45) is 0 Å². The Morgan fingerprint density at radius 2 is 1.79 bits per heavy atom. The molecule has 0 atom stereocenters. The molecule has 6 nitrogen and oxygen atoms in total. The van der Waals surface area contributed by atoms with E-state index in [-0.39, 0.29) is 10.5 Å². The van der Waals surface area contributed by atoms with Gasteiger partial charge in [0.25, 0.3) is 10.0 Å². The molecule has 0 saturated carbocycles. The van der Waals surface area contributed by atoms with Gasteiger partial charge in [-0.3, -0.25) is 4.72 Å². The molecule has 2 N–H and O–H groups in total. The third kappa shape index (κ3) is 5.36. The molecule has 2 aromatic carbocycles. The first-order chi connectivity index (χ1) is 13.7. The van der Waals surface area contributed by atoms with E-state index in [9.17, 15) is 18.3 Å². The van der Waals surface area contributed by atoms with Gasteiger partial charge in [0.2, 0.25) is 0 Å². The van der Waals surface area contributed by atoms with Gasteiger partial charge in [-0.05, 0) is 49.2 Å². The Labute approximate surface area is 174 Å². The Hall–Kier alpha value is -2.84. The molecule has 150 valence electrons. The average molecular weight is 429 g/mol. The van der Waals surface area contributed by atoms with Gasteiger partial charge in [0.05, 0.1) is 27.4 Å². The molecular formula is C21H20N2O4S2. The molecule has 3 aromatic rings. The maximum absolute atomic E-state index is 12.6. The van der Waals surface area contributed by atoms with Crippen LogP contribution < -0.4 is 4.72 Å². The van der Waals surface area contributed by atoms with Crippen molar-refractivity contribution in [2.75, 3.05) is 4.72 Å². The lowest BCUT2D eigenvalue weighted by Crippen LogP contribution is -2.14. The number of aromatic carboxylic acids is 1. The smallest absolute Gasteiger partial charge is 0.335 e. The van der Waals surface area contributed by atoms with E-state index >= 15 is 0 Å². The van der Waals surface area contributed by atoms with Crippen LogP contribution in [0.2, 0.25) is 0 Å². The van der Waals surface area contributed by atoms with Gasteiger partial charge in [0.1, 0.15) is 0 Å². The number of thioether (sulfide) groups is 1. The van der Waals surface area contributed by atoms with Crippen molar-refractivity contribution in [3.63, 3.8) is 0 Å². The number of pyridine rings is 1. The molecule has 3 rings (SSSR count). The molecule has 0 spiro atoms. The summed E-state index contributed by atoms with van der Waals surface area (Å²) in [5, 5.41) is 9.97. The second-order valence-electron chi connectivity index (χ2n) is 6.55. The highest BCUT2D eigenvalue weighted by Gasteiger charge is 2.18. The fourth-order valence-corrected chi connectivity index (χ4v) is 4.45. The highest BCUT2D eigenvalue weighted by atomic mass is 32.2. The number of carbonyl (C=O) groups is 1. The first-order valence-corrected chi connectivity index (χ1v) is 11.2. The summed E-state index contributed by atoms with van der Waals surface area (Å²) in [7, 11) is -3.92. The van der Waals surface area contributed by atoms with Crippen LogP contribution in [0.15, 0.2) is 70.7 Å². The van der Waals surface area contributed by atoms with E-state index in [0.717, 1.165) is 16.8 Å². The molecule has 0 bridgehead atoms. The van der Waals surface area contributed by atoms with Gasteiger partial charge in [-0.15, -0.1) is 11.8 Å². The molecule has 0 fully saturated rings. The van der Waals surface area contributed by atoms with Gasteiger partial charge in [-0.25, -0.2) is 18.2 Å². The van der Waals surface area contributed by atoms with Gasteiger partial charge in [0.15, 0.2) is 0 Å². The number of nitrogens with zero attached hydrogens (tertiary/aromatic N) is 1. The number of anilines is 1. The molecule has 0 unspecified atom stereocenters. The number of aromatic nitrogens is 1. The first kappa shape index (κ1) is 20.9. The summed E-state index contributed by atoms with van der Waals surface area (Å²) in [6.45, 7) is 3.65.